The van der Waals surface area contributed by atoms with Crippen molar-refractivity contribution in [2.45, 2.75) is 46.1 Å². The lowest BCUT2D eigenvalue weighted by molar-refractivity contribution is 0.364. The van der Waals surface area contributed by atoms with Crippen molar-refractivity contribution in [3.63, 3.8) is 0 Å². The molecule has 0 fully saturated rings. The molecule has 0 saturated heterocycles. The van der Waals surface area contributed by atoms with Crippen molar-refractivity contribution in [3.05, 3.63) is 29.8 Å². The summed E-state index contributed by atoms with van der Waals surface area (Å²) in [5, 5.41) is 12.9. The van der Waals surface area contributed by atoms with Gasteiger partial charge in [0.2, 0.25) is 0 Å². The molecule has 0 bridgehead atoms. The highest BCUT2D eigenvalue weighted by atomic mass is 16.3. The molecule has 2 N–H and O–H groups in total. The van der Waals surface area contributed by atoms with E-state index in [1.807, 2.05) is 12.1 Å². The molecule has 17 heavy (non-hydrogen) atoms. The number of nitrogens with one attached hydrogen (secondary N) is 1. The third kappa shape index (κ3) is 4.78. The lowest BCUT2D eigenvalue weighted by atomic mass is 9.92. The molecule has 0 aliphatic heterocycles. The number of phenolic OH excluding ortho intramolecular Hbond substituents is 1. The molecule has 0 amide bonds. The van der Waals surface area contributed by atoms with E-state index < -0.39 is 0 Å². The lowest BCUT2D eigenvalue weighted by Gasteiger charge is -2.24. The third-order valence-electron chi connectivity index (χ3n) is 3.28. The number of benzene rings is 1. The maximum absolute atomic E-state index is 9.25. The summed E-state index contributed by atoms with van der Waals surface area (Å²) in [4.78, 5) is 0. The standard InChI is InChI=1S/C15H25NO/c1-4-10-16-15(5-2)12(3)11-13-6-8-14(17)9-7-13/h6-9,12,15-17H,4-5,10-11H2,1-3H3. The Morgan fingerprint density at radius 2 is 1.82 bits per heavy atom. The van der Waals surface area contributed by atoms with Crippen LogP contribution in [0.2, 0.25) is 0 Å². The number of phenols is 1. The van der Waals surface area contributed by atoms with Gasteiger partial charge in [-0.1, -0.05) is 32.9 Å². The normalized spacial score (nSPS) is 14.5. The number of rotatable bonds is 7. The fourth-order valence-electron chi connectivity index (χ4n) is 2.22. The first-order chi connectivity index (χ1) is 8.17. The largest absolute Gasteiger partial charge is 0.508 e. The van der Waals surface area contributed by atoms with Gasteiger partial charge in [0.15, 0.2) is 0 Å². The zero-order valence-corrected chi connectivity index (χ0v) is 11.2. The predicted octanol–water partition coefficient (Wildman–Crippen LogP) is 3.35. The van der Waals surface area contributed by atoms with Gasteiger partial charge in [0, 0.05) is 6.04 Å². The topological polar surface area (TPSA) is 32.3 Å². The second-order valence-electron chi connectivity index (χ2n) is 4.82. The van der Waals surface area contributed by atoms with Gasteiger partial charge < -0.3 is 10.4 Å². The average Bonchev–Trinajstić information content (AvgIpc) is 2.33. The number of hydrogen-bond acceptors (Lipinski definition) is 2. The summed E-state index contributed by atoms with van der Waals surface area (Å²) in [5.74, 6) is 0.966. The first-order valence-corrected chi connectivity index (χ1v) is 6.68. The van der Waals surface area contributed by atoms with Crippen LogP contribution in [0.25, 0.3) is 0 Å². The Balaban J connectivity index is 2.51. The second-order valence-corrected chi connectivity index (χ2v) is 4.82. The Morgan fingerprint density at radius 3 is 2.35 bits per heavy atom. The summed E-state index contributed by atoms with van der Waals surface area (Å²) in [6.07, 6.45) is 3.41. The molecule has 2 nitrogen and oxygen atoms in total. The summed E-state index contributed by atoms with van der Waals surface area (Å²) in [7, 11) is 0. The molecule has 1 aromatic rings. The fourth-order valence-corrected chi connectivity index (χ4v) is 2.22. The molecule has 0 heterocycles. The molecule has 0 spiro atoms. The maximum atomic E-state index is 9.25. The van der Waals surface area contributed by atoms with Crippen LogP contribution in [0.5, 0.6) is 5.75 Å². The van der Waals surface area contributed by atoms with Crippen LogP contribution >= 0.6 is 0 Å². The summed E-state index contributed by atoms with van der Waals surface area (Å²) in [6.45, 7) is 7.83. The van der Waals surface area contributed by atoms with Crippen molar-refractivity contribution in [2.75, 3.05) is 6.54 Å². The van der Waals surface area contributed by atoms with Crippen molar-refractivity contribution in [1.82, 2.24) is 5.32 Å². The van der Waals surface area contributed by atoms with E-state index >= 15 is 0 Å². The maximum Gasteiger partial charge on any atom is 0.115 e. The fraction of sp³-hybridized carbons (Fsp3) is 0.600. The van der Waals surface area contributed by atoms with E-state index in [1.165, 1.54) is 18.4 Å². The number of hydrogen-bond donors (Lipinski definition) is 2. The Labute approximate surface area is 105 Å². The molecule has 0 aromatic heterocycles. The monoisotopic (exact) mass is 235 g/mol. The van der Waals surface area contributed by atoms with Gasteiger partial charge in [-0.25, -0.2) is 0 Å². The lowest BCUT2D eigenvalue weighted by Crippen LogP contribution is -2.35. The van der Waals surface area contributed by atoms with E-state index in [9.17, 15) is 5.11 Å². The molecule has 0 aliphatic carbocycles. The molecular formula is C15H25NO. The molecule has 2 unspecified atom stereocenters. The van der Waals surface area contributed by atoms with Crippen molar-refractivity contribution >= 4 is 0 Å². The first-order valence-electron chi connectivity index (χ1n) is 6.68. The van der Waals surface area contributed by atoms with E-state index in [2.05, 4.69) is 26.1 Å². The van der Waals surface area contributed by atoms with Crippen LogP contribution in [0, 0.1) is 5.92 Å². The SMILES string of the molecule is CCCNC(CC)C(C)Cc1ccc(O)cc1. The highest BCUT2D eigenvalue weighted by Gasteiger charge is 2.14. The van der Waals surface area contributed by atoms with Crippen molar-refractivity contribution < 1.29 is 5.11 Å². The van der Waals surface area contributed by atoms with Gasteiger partial charge in [-0.15, -0.1) is 0 Å². The Hall–Kier alpha value is -1.02. The van der Waals surface area contributed by atoms with Gasteiger partial charge in [-0.2, -0.15) is 0 Å². The minimum atomic E-state index is 0.345. The van der Waals surface area contributed by atoms with E-state index in [1.54, 1.807) is 12.1 Å². The van der Waals surface area contributed by atoms with Crippen molar-refractivity contribution in [1.29, 1.82) is 0 Å². The molecular weight excluding hydrogens is 210 g/mol. The molecule has 1 aromatic carbocycles. The zero-order chi connectivity index (χ0) is 12.7. The van der Waals surface area contributed by atoms with Crippen LogP contribution in [-0.4, -0.2) is 17.7 Å². The summed E-state index contributed by atoms with van der Waals surface area (Å²) in [6, 6.07) is 8.14. The van der Waals surface area contributed by atoms with Gasteiger partial charge in [-0.3, -0.25) is 0 Å². The van der Waals surface area contributed by atoms with Crippen LogP contribution < -0.4 is 5.32 Å². The Bertz CT molecular complexity index is 307. The number of aromatic hydroxyl groups is 1. The quantitative estimate of drug-likeness (QED) is 0.759. The van der Waals surface area contributed by atoms with Crippen LogP contribution in [0.15, 0.2) is 24.3 Å². The Kier molecular flexibility index (Phi) is 6.06. The van der Waals surface area contributed by atoms with Crippen molar-refractivity contribution in [3.8, 4) is 5.75 Å². The second kappa shape index (κ2) is 7.33. The van der Waals surface area contributed by atoms with E-state index in [4.69, 9.17) is 0 Å². The summed E-state index contributed by atoms with van der Waals surface area (Å²) < 4.78 is 0. The predicted molar refractivity (Wildman–Crippen MR) is 73.3 cm³/mol. The zero-order valence-electron chi connectivity index (χ0n) is 11.2. The highest BCUT2D eigenvalue weighted by molar-refractivity contribution is 5.26. The minimum Gasteiger partial charge on any atom is -0.508 e. The van der Waals surface area contributed by atoms with Crippen molar-refractivity contribution in [2.24, 2.45) is 5.92 Å². The molecule has 0 aliphatic rings. The molecule has 1 rings (SSSR count). The summed E-state index contributed by atoms with van der Waals surface area (Å²) in [5.41, 5.74) is 1.30. The smallest absolute Gasteiger partial charge is 0.115 e. The van der Waals surface area contributed by atoms with E-state index in [-0.39, 0.29) is 0 Å². The van der Waals surface area contributed by atoms with Crippen LogP contribution in [0.1, 0.15) is 39.2 Å². The van der Waals surface area contributed by atoms with Gasteiger partial charge in [-0.05, 0) is 49.4 Å². The summed E-state index contributed by atoms with van der Waals surface area (Å²) >= 11 is 0. The van der Waals surface area contributed by atoms with Gasteiger partial charge >= 0.3 is 0 Å². The minimum absolute atomic E-state index is 0.345. The molecule has 2 heteroatoms. The van der Waals surface area contributed by atoms with Crippen LogP contribution in [-0.2, 0) is 6.42 Å². The Morgan fingerprint density at radius 1 is 1.18 bits per heavy atom. The first kappa shape index (κ1) is 14.0. The molecule has 96 valence electrons. The molecule has 2 atom stereocenters. The third-order valence-corrected chi connectivity index (χ3v) is 3.28. The molecule has 0 saturated carbocycles. The van der Waals surface area contributed by atoms with E-state index in [0.29, 0.717) is 17.7 Å². The van der Waals surface area contributed by atoms with Gasteiger partial charge in [0.25, 0.3) is 0 Å². The molecule has 0 radical (unpaired) electrons. The highest BCUT2D eigenvalue weighted by Crippen LogP contribution is 2.17. The van der Waals surface area contributed by atoms with Gasteiger partial charge in [0.1, 0.15) is 5.75 Å². The van der Waals surface area contributed by atoms with Crippen LogP contribution in [0.4, 0.5) is 0 Å². The van der Waals surface area contributed by atoms with E-state index in [0.717, 1.165) is 13.0 Å². The van der Waals surface area contributed by atoms with Crippen LogP contribution in [0.3, 0.4) is 0 Å². The average molecular weight is 235 g/mol. The van der Waals surface area contributed by atoms with Gasteiger partial charge in [0.05, 0.1) is 0 Å².